The maximum Gasteiger partial charge on any atom is 0.228 e. The molecule has 1 saturated carbocycles. The second-order valence-corrected chi connectivity index (χ2v) is 6.26. The number of carbonyl (C=O) groups is 2. The van der Waals surface area contributed by atoms with Gasteiger partial charge in [-0.2, -0.15) is 0 Å². The number of hydrogen-bond acceptors (Lipinski definition) is 4. The summed E-state index contributed by atoms with van der Waals surface area (Å²) in [7, 11) is 0. The van der Waals surface area contributed by atoms with Crippen LogP contribution in [0.5, 0.6) is 0 Å². The van der Waals surface area contributed by atoms with Gasteiger partial charge in [-0.25, -0.2) is 4.98 Å². The molecule has 0 unspecified atom stereocenters. The van der Waals surface area contributed by atoms with Crippen LogP contribution in [0.15, 0.2) is 18.3 Å². The van der Waals surface area contributed by atoms with Crippen LogP contribution >= 0.6 is 0 Å². The highest BCUT2D eigenvalue weighted by Crippen LogP contribution is 2.30. The Labute approximate surface area is 130 Å². The van der Waals surface area contributed by atoms with E-state index in [1.807, 2.05) is 0 Å². The number of nitrogens with zero attached hydrogens (tertiary/aromatic N) is 1. The van der Waals surface area contributed by atoms with E-state index in [1.54, 1.807) is 18.3 Å². The maximum atomic E-state index is 12.2. The predicted octanol–water partition coefficient (Wildman–Crippen LogP) is 1.76. The van der Waals surface area contributed by atoms with Gasteiger partial charge in [0.2, 0.25) is 11.8 Å². The van der Waals surface area contributed by atoms with Crippen molar-refractivity contribution in [2.75, 3.05) is 17.2 Å². The zero-order valence-electron chi connectivity index (χ0n) is 12.8. The average molecular weight is 302 g/mol. The molecule has 1 aromatic rings. The molecule has 2 amide bonds. The van der Waals surface area contributed by atoms with Crippen molar-refractivity contribution in [1.82, 2.24) is 10.3 Å². The number of anilines is 2. The monoisotopic (exact) mass is 302 g/mol. The van der Waals surface area contributed by atoms with Crippen molar-refractivity contribution in [3.05, 3.63) is 18.3 Å². The molecular formula is C16H22N4O2. The van der Waals surface area contributed by atoms with Crippen molar-refractivity contribution in [3.8, 4) is 0 Å². The molecule has 1 saturated heterocycles. The largest absolute Gasteiger partial charge is 0.324 e. The Hall–Kier alpha value is -1.95. The zero-order valence-corrected chi connectivity index (χ0v) is 12.8. The van der Waals surface area contributed by atoms with Crippen molar-refractivity contribution < 1.29 is 9.59 Å². The molecule has 0 aromatic carbocycles. The quantitative estimate of drug-likeness (QED) is 0.791. The summed E-state index contributed by atoms with van der Waals surface area (Å²) in [6.07, 6.45) is 5.24. The van der Waals surface area contributed by atoms with Gasteiger partial charge >= 0.3 is 0 Å². The second-order valence-electron chi connectivity index (χ2n) is 6.26. The lowest BCUT2D eigenvalue weighted by Crippen LogP contribution is -2.40. The Bertz CT molecular complexity index is 554. The molecule has 22 heavy (non-hydrogen) atoms. The van der Waals surface area contributed by atoms with Crippen molar-refractivity contribution in [3.63, 3.8) is 0 Å². The number of pyridine rings is 1. The van der Waals surface area contributed by atoms with Crippen LogP contribution in [0, 0.1) is 11.8 Å². The van der Waals surface area contributed by atoms with Gasteiger partial charge in [0.1, 0.15) is 5.82 Å². The summed E-state index contributed by atoms with van der Waals surface area (Å²) in [6.45, 7) is 2.97. The summed E-state index contributed by atoms with van der Waals surface area (Å²) in [6, 6.07) is 3.88. The Morgan fingerprint density at radius 3 is 2.55 bits per heavy atom. The zero-order chi connectivity index (χ0) is 15.5. The molecule has 2 atom stereocenters. The molecule has 2 heterocycles. The van der Waals surface area contributed by atoms with E-state index in [1.165, 1.54) is 0 Å². The molecule has 6 nitrogen and oxygen atoms in total. The van der Waals surface area contributed by atoms with E-state index >= 15 is 0 Å². The summed E-state index contributed by atoms with van der Waals surface area (Å²) in [4.78, 5) is 28.1. The molecule has 1 aromatic heterocycles. The van der Waals surface area contributed by atoms with E-state index < -0.39 is 0 Å². The molecule has 0 spiro atoms. The number of aromatic nitrogens is 1. The highest BCUT2D eigenvalue weighted by Gasteiger charge is 2.29. The lowest BCUT2D eigenvalue weighted by Gasteiger charge is -2.27. The van der Waals surface area contributed by atoms with Crippen LogP contribution in [-0.4, -0.2) is 29.4 Å². The summed E-state index contributed by atoms with van der Waals surface area (Å²) in [5, 5.41) is 9.03. The number of carbonyl (C=O) groups excluding carboxylic acids is 2. The van der Waals surface area contributed by atoms with E-state index in [9.17, 15) is 9.59 Å². The van der Waals surface area contributed by atoms with Crippen LogP contribution in [0.25, 0.3) is 0 Å². The van der Waals surface area contributed by atoms with E-state index in [2.05, 4.69) is 27.9 Å². The first-order valence-corrected chi connectivity index (χ1v) is 7.93. The first-order valence-electron chi connectivity index (χ1n) is 7.93. The molecule has 3 N–H and O–H groups in total. The van der Waals surface area contributed by atoms with Gasteiger partial charge in [0.15, 0.2) is 0 Å². The number of nitrogens with one attached hydrogen (secondary N) is 3. The van der Waals surface area contributed by atoms with Crippen molar-refractivity contribution in [2.24, 2.45) is 11.8 Å². The predicted molar refractivity (Wildman–Crippen MR) is 84.4 cm³/mol. The molecule has 2 fully saturated rings. The lowest BCUT2D eigenvalue weighted by molar-refractivity contribution is -0.121. The number of rotatable bonds is 4. The van der Waals surface area contributed by atoms with Gasteiger partial charge in [-0.3, -0.25) is 9.59 Å². The normalized spacial score (nSPS) is 24.6. The summed E-state index contributed by atoms with van der Waals surface area (Å²) < 4.78 is 0. The number of hydrogen-bond donors (Lipinski definition) is 3. The number of piperidine rings is 1. The van der Waals surface area contributed by atoms with E-state index in [0.717, 1.165) is 32.2 Å². The summed E-state index contributed by atoms with van der Waals surface area (Å²) >= 11 is 0. The lowest BCUT2D eigenvalue weighted by atomic mass is 9.92. The van der Waals surface area contributed by atoms with Crippen LogP contribution in [0.4, 0.5) is 11.5 Å². The van der Waals surface area contributed by atoms with Crippen LogP contribution in [0.1, 0.15) is 32.6 Å². The molecule has 1 aliphatic carbocycles. The Morgan fingerprint density at radius 2 is 1.91 bits per heavy atom. The molecule has 1 aliphatic heterocycles. The topological polar surface area (TPSA) is 83.1 Å². The Kier molecular flexibility index (Phi) is 4.38. The van der Waals surface area contributed by atoms with E-state index in [0.29, 0.717) is 17.5 Å². The third-order valence-corrected chi connectivity index (χ3v) is 4.22. The molecule has 3 rings (SSSR count). The fourth-order valence-corrected chi connectivity index (χ4v) is 2.73. The molecule has 6 heteroatoms. The third kappa shape index (κ3) is 3.82. The first-order chi connectivity index (χ1) is 10.6. The molecule has 0 radical (unpaired) electrons. The maximum absolute atomic E-state index is 12.2. The number of amides is 2. The van der Waals surface area contributed by atoms with Crippen molar-refractivity contribution in [2.45, 2.75) is 38.6 Å². The fraction of sp³-hybridized carbons (Fsp3) is 0.562. The standard InChI is InChI=1S/C16H22N4O2/c1-10-8-12(6-7-17-10)16(22)19-13-4-5-14(18-9-13)20-15(21)11-2-3-11/h4-5,9-12,17H,2-3,6-8H2,1H3,(H,19,22)(H,18,20,21)/t10-,12-/m0/s1. The highest BCUT2D eigenvalue weighted by molar-refractivity contribution is 5.94. The van der Waals surface area contributed by atoms with Gasteiger partial charge in [0.05, 0.1) is 11.9 Å². The minimum atomic E-state index is 0.0352. The minimum Gasteiger partial charge on any atom is -0.324 e. The molecular weight excluding hydrogens is 280 g/mol. The third-order valence-electron chi connectivity index (χ3n) is 4.22. The molecule has 2 aliphatic rings. The fourth-order valence-electron chi connectivity index (χ4n) is 2.73. The minimum absolute atomic E-state index is 0.0352. The SMILES string of the molecule is C[C@H]1C[C@@H](C(=O)Nc2ccc(NC(=O)C3CC3)nc2)CCN1. The van der Waals surface area contributed by atoms with Gasteiger partial charge in [-0.15, -0.1) is 0 Å². The Balaban J connectivity index is 1.53. The first kappa shape index (κ1) is 15.0. The van der Waals surface area contributed by atoms with E-state index in [4.69, 9.17) is 0 Å². The van der Waals surface area contributed by atoms with E-state index in [-0.39, 0.29) is 23.7 Å². The molecule has 118 valence electrons. The summed E-state index contributed by atoms with van der Waals surface area (Å²) in [5.74, 6) is 0.817. The van der Waals surface area contributed by atoms with Gasteiger partial charge in [-0.1, -0.05) is 0 Å². The smallest absolute Gasteiger partial charge is 0.228 e. The average Bonchev–Trinajstić information content (AvgIpc) is 3.34. The van der Waals surface area contributed by atoms with Gasteiger partial charge in [0, 0.05) is 17.9 Å². The van der Waals surface area contributed by atoms with Crippen molar-refractivity contribution in [1.29, 1.82) is 0 Å². The van der Waals surface area contributed by atoms with Crippen molar-refractivity contribution >= 4 is 23.3 Å². The van der Waals surface area contributed by atoms with Gasteiger partial charge in [0.25, 0.3) is 0 Å². The van der Waals surface area contributed by atoms with Crippen LogP contribution in [0.2, 0.25) is 0 Å². The van der Waals surface area contributed by atoms with Crippen LogP contribution < -0.4 is 16.0 Å². The van der Waals surface area contributed by atoms with Crippen LogP contribution in [0.3, 0.4) is 0 Å². The van der Waals surface area contributed by atoms with Crippen LogP contribution in [-0.2, 0) is 9.59 Å². The second kappa shape index (κ2) is 6.44. The Morgan fingerprint density at radius 1 is 1.14 bits per heavy atom. The summed E-state index contributed by atoms with van der Waals surface area (Å²) in [5.41, 5.74) is 0.667. The highest BCUT2D eigenvalue weighted by atomic mass is 16.2. The van der Waals surface area contributed by atoms with Gasteiger partial charge < -0.3 is 16.0 Å². The van der Waals surface area contributed by atoms with Gasteiger partial charge in [-0.05, 0) is 51.3 Å². The molecule has 0 bridgehead atoms.